The first-order valence-electron chi connectivity index (χ1n) is 10.1. The number of pyridine rings is 1. The van der Waals surface area contributed by atoms with Crippen molar-refractivity contribution in [2.75, 3.05) is 31.1 Å². The third-order valence-corrected chi connectivity index (χ3v) is 6.27. The number of nitrogens with zero attached hydrogens (tertiary/aromatic N) is 4. The van der Waals surface area contributed by atoms with E-state index in [1.807, 2.05) is 6.07 Å². The second kappa shape index (κ2) is 7.44. The van der Waals surface area contributed by atoms with Gasteiger partial charge in [0.15, 0.2) is 5.65 Å². The molecule has 0 saturated carbocycles. The van der Waals surface area contributed by atoms with Crippen LogP contribution in [0, 0.1) is 18.3 Å². The number of aromatic nitrogens is 2. The number of rotatable bonds is 2. The van der Waals surface area contributed by atoms with Gasteiger partial charge < -0.3 is 10.2 Å². The molecule has 0 amide bonds. The van der Waals surface area contributed by atoms with Crippen molar-refractivity contribution >= 4 is 22.5 Å². The molecule has 0 spiro atoms. The average Bonchev–Trinajstić information content (AvgIpc) is 3.36. The summed E-state index contributed by atoms with van der Waals surface area (Å²) in [4.78, 5) is 7.41. The van der Waals surface area contributed by atoms with E-state index in [4.69, 9.17) is 4.98 Å². The van der Waals surface area contributed by atoms with E-state index in [-0.39, 0.29) is 7.43 Å². The Morgan fingerprint density at radius 1 is 1.14 bits per heavy atom. The van der Waals surface area contributed by atoms with Gasteiger partial charge in [0, 0.05) is 13.1 Å². The van der Waals surface area contributed by atoms with Gasteiger partial charge in [-0.2, -0.15) is 5.26 Å². The van der Waals surface area contributed by atoms with Crippen molar-refractivity contribution in [1.29, 1.82) is 5.26 Å². The molecule has 146 valence electrons. The van der Waals surface area contributed by atoms with Crippen LogP contribution in [0.25, 0.3) is 16.7 Å². The number of nitriles is 1. The maximum absolute atomic E-state index is 10.1. The molecule has 0 radical (unpaired) electrons. The lowest BCUT2D eigenvalue weighted by molar-refractivity contribution is 0.458. The lowest BCUT2D eigenvalue weighted by Gasteiger charge is -2.30. The third-order valence-electron chi connectivity index (χ3n) is 6.27. The Morgan fingerprint density at radius 2 is 1.86 bits per heavy atom. The Morgan fingerprint density at radius 3 is 2.57 bits per heavy atom. The van der Waals surface area contributed by atoms with E-state index in [0.717, 1.165) is 61.3 Å². The normalized spacial score (nSPS) is 17.8. The van der Waals surface area contributed by atoms with Gasteiger partial charge in [0.1, 0.15) is 11.9 Å². The van der Waals surface area contributed by atoms with E-state index in [1.54, 1.807) is 0 Å². The van der Waals surface area contributed by atoms with E-state index in [0.29, 0.717) is 5.92 Å². The van der Waals surface area contributed by atoms with Gasteiger partial charge in [0.05, 0.1) is 16.6 Å². The zero-order chi connectivity index (χ0) is 18.4. The Labute approximate surface area is 167 Å². The molecule has 0 bridgehead atoms. The summed E-state index contributed by atoms with van der Waals surface area (Å²) in [5, 5.41) is 13.6. The molecule has 1 aromatic carbocycles. The van der Waals surface area contributed by atoms with Gasteiger partial charge in [-0.15, -0.1) is 0 Å². The Kier molecular flexibility index (Phi) is 4.99. The van der Waals surface area contributed by atoms with Gasteiger partial charge in [-0.1, -0.05) is 19.6 Å². The lowest BCUT2D eigenvalue weighted by atomic mass is 9.85. The highest BCUT2D eigenvalue weighted by Crippen LogP contribution is 2.39. The maximum Gasteiger partial charge on any atom is 0.157 e. The molecule has 28 heavy (non-hydrogen) atoms. The predicted molar refractivity (Wildman–Crippen MR) is 115 cm³/mol. The number of piperidine rings is 1. The van der Waals surface area contributed by atoms with Crippen molar-refractivity contribution in [3.63, 3.8) is 0 Å². The number of fused-ring (bicyclic) bond motifs is 3. The molecule has 3 aromatic rings. The van der Waals surface area contributed by atoms with Crippen LogP contribution in [0.4, 0.5) is 5.82 Å². The van der Waals surface area contributed by atoms with Gasteiger partial charge in [-0.3, -0.25) is 4.40 Å². The van der Waals surface area contributed by atoms with Gasteiger partial charge in [0.25, 0.3) is 0 Å². The molecule has 2 fully saturated rings. The molecule has 5 heteroatoms. The smallest absolute Gasteiger partial charge is 0.157 e. The molecule has 2 aliphatic heterocycles. The fourth-order valence-corrected chi connectivity index (χ4v) is 5.04. The molecule has 0 unspecified atom stereocenters. The van der Waals surface area contributed by atoms with Crippen molar-refractivity contribution in [3.05, 3.63) is 41.0 Å². The Bertz CT molecular complexity index is 1050. The van der Waals surface area contributed by atoms with Gasteiger partial charge in [-0.05, 0) is 74.9 Å². The summed E-state index contributed by atoms with van der Waals surface area (Å²) in [6.07, 6.45) is 4.64. The van der Waals surface area contributed by atoms with E-state index in [9.17, 15) is 5.26 Å². The minimum atomic E-state index is 0. The van der Waals surface area contributed by atoms with Crippen molar-refractivity contribution in [3.8, 4) is 6.07 Å². The van der Waals surface area contributed by atoms with Crippen LogP contribution in [0.1, 0.15) is 55.7 Å². The van der Waals surface area contributed by atoms with Crippen LogP contribution in [0.15, 0.2) is 24.3 Å². The zero-order valence-electron chi connectivity index (χ0n) is 15.8. The summed E-state index contributed by atoms with van der Waals surface area (Å²) in [6.45, 7) is 6.44. The highest BCUT2D eigenvalue weighted by Gasteiger charge is 2.29. The zero-order valence-corrected chi connectivity index (χ0v) is 15.8. The van der Waals surface area contributed by atoms with Crippen LogP contribution in [0.3, 0.4) is 0 Å². The Hall–Kier alpha value is -2.58. The number of hydrogen-bond donors (Lipinski definition) is 1. The maximum atomic E-state index is 10.1. The molecule has 2 aromatic heterocycles. The van der Waals surface area contributed by atoms with Gasteiger partial charge in [0.2, 0.25) is 0 Å². The summed E-state index contributed by atoms with van der Waals surface area (Å²) >= 11 is 0. The number of para-hydroxylation sites is 2. The molecule has 0 aliphatic carbocycles. The van der Waals surface area contributed by atoms with Crippen LogP contribution in [-0.2, 0) is 0 Å². The fourth-order valence-electron chi connectivity index (χ4n) is 5.04. The number of nitrogens with one attached hydrogen (secondary N) is 1. The summed E-state index contributed by atoms with van der Waals surface area (Å²) in [6, 6.07) is 10.8. The van der Waals surface area contributed by atoms with Crippen molar-refractivity contribution < 1.29 is 0 Å². The summed E-state index contributed by atoms with van der Waals surface area (Å²) in [5.74, 6) is 1.69. The van der Waals surface area contributed by atoms with Crippen LogP contribution in [0.2, 0.25) is 0 Å². The molecule has 5 nitrogen and oxygen atoms in total. The number of imidazole rings is 1. The number of anilines is 1. The average molecular weight is 376 g/mol. The van der Waals surface area contributed by atoms with E-state index >= 15 is 0 Å². The van der Waals surface area contributed by atoms with E-state index < -0.39 is 0 Å². The van der Waals surface area contributed by atoms with E-state index in [2.05, 4.69) is 45.8 Å². The fraction of sp³-hybridized carbons (Fsp3) is 0.478. The van der Waals surface area contributed by atoms with Crippen molar-refractivity contribution in [2.45, 2.75) is 46.0 Å². The molecular weight excluding hydrogens is 346 g/mol. The number of hydrogen-bond acceptors (Lipinski definition) is 4. The highest BCUT2D eigenvalue weighted by molar-refractivity contribution is 5.86. The van der Waals surface area contributed by atoms with Crippen molar-refractivity contribution in [1.82, 2.24) is 14.7 Å². The molecule has 1 N–H and O–H groups in total. The molecule has 2 aliphatic rings. The minimum Gasteiger partial charge on any atom is -0.357 e. The topological polar surface area (TPSA) is 56.4 Å². The lowest BCUT2D eigenvalue weighted by Crippen LogP contribution is -2.29. The standard InChI is InChI=1S/C22H25N5.CH4/c1-15-20(16-8-10-24-11-9-16)17(14-23)21-25-18-6-2-3-7-19(18)27(21)22(15)26-12-4-5-13-26;/h2-3,6-7,16,24H,4-5,8-13H2,1H3;1H4. The monoisotopic (exact) mass is 375 g/mol. The SMILES string of the molecule is C.Cc1c(C2CCNCC2)c(C#N)c2nc3ccccc3n2c1N1CCCC1. The van der Waals surface area contributed by atoms with Gasteiger partial charge >= 0.3 is 0 Å². The minimum absolute atomic E-state index is 0. The summed E-state index contributed by atoms with van der Waals surface area (Å²) in [7, 11) is 0. The molecular formula is C23H29N5. The number of benzene rings is 1. The second-order valence-electron chi connectivity index (χ2n) is 7.83. The first-order valence-corrected chi connectivity index (χ1v) is 10.1. The van der Waals surface area contributed by atoms with Crippen LogP contribution in [-0.4, -0.2) is 35.6 Å². The third kappa shape index (κ3) is 2.75. The molecule has 2 saturated heterocycles. The van der Waals surface area contributed by atoms with Crippen LogP contribution >= 0.6 is 0 Å². The Balaban J connectivity index is 0.00000192. The van der Waals surface area contributed by atoms with Crippen LogP contribution in [0.5, 0.6) is 0 Å². The van der Waals surface area contributed by atoms with Crippen LogP contribution < -0.4 is 10.2 Å². The van der Waals surface area contributed by atoms with Crippen molar-refractivity contribution in [2.24, 2.45) is 0 Å². The molecule has 4 heterocycles. The second-order valence-corrected chi connectivity index (χ2v) is 7.83. The summed E-state index contributed by atoms with van der Waals surface area (Å²) in [5.41, 5.74) is 6.19. The first-order chi connectivity index (χ1) is 13.3. The largest absolute Gasteiger partial charge is 0.357 e. The highest BCUT2D eigenvalue weighted by atomic mass is 15.2. The molecule has 0 atom stereocenters. The van der Waals surface area contributed by atoms with Gasteiger partial charge in [-0.25, -0.2) is 4.98 Å². The molecule has 5 rings (SSSR count). The predicted octanol–water partition coefficient (Wildman–Crippen LogP) is 4.37. The quantitative estimate of drug-likeness (QED) is 0.722. The summed E-state index contributed by atoms with van der Waals surface area (Å²) < 4.78 is 2.25. The van der Waals surface area contributed by atoms with E-state index in [1.165, 1.54) is 29.8 Å². The first kappa shape index (κ1) is 18.8.